The molecule has 0 aliphatic carbocycles. The lowest BCUT2D eigenvalue weighted by molar-refractivity contribution is -0.139. The zero-order valence-corrected chi connectivity index (χ0v) is 19.1. The summed E-state index contributed by atoms with van der Waals surface area (Å²) < 4.78 is 33.1. The van der Waals surface area contributed by atoms with Crippen LogP contribution in [0.3, 0.4) is 0 Å². The quantitative estimate of drug-likeness (QED) is 0.475. The standard InChI is InChI=1S/C24H24ClNO5S/c1-31-24(28)15-18-7-9-19(10-8-18)16-26(23(17-27)20-5-3-2-4-6-20)32(29,30)22-13-11-21(25)12-14-22/h2-14,23,27H,15-17H2,1H3/t23-/m1/s1. The van der Waals surface area contributed by atoms with Gasteiger partial charge in [-0.1, -0.05) is 66.2 Å². The van der Waals surface area contributed by atoms with Crippen LogP contribution >= 0.6 is 11.6 Å². The molecule has 0 saturated carbocycles. The number of benzene rings is 3. The van der Waals surface area contributed by atoms with Crippen LogP contribution in [0.15, 0.2) is 83.8 Å². The lowest BCUT2D eigenvalue weighted by Gasteiger charge is -2.30. The fraction of sp³-hybridized carbons (Fsp3) is 0.208. The molecule has 0 aliphatic rings. The molecular formula is C24H24ClNO5S. The zero-order valence-electron chi connectivity index (χ0n) is 17.5. The smallest absolute Gasteiger partial charge is 0.309 e. The normalized spacial score (nSPS) is 12.5. The zero-order chi connectivity index (χ0) is 23.1. The third-order valence-corrected chi connectivity index (χ3v) is 7.18. The van der Waals surface area contributed by atoms with Gasteiger partial charge < -0.3 is 9.84 Å². The van der Waals surface area contributed by atoms with Gasteiger partial charge in [0.25, 0.3) is 0 Å². The van der Waals surface area contributed by atoms with Crippen molar-refractivity contribution in [2.45, 2.75) is 23.9 Å². The summed E-state index contributed by atoms with van der Waals surface area (Å²) in [6.07, 6.45) is 0.132. The Morgan fingerprint density at radius 1 is 0.969 bits per heavy atom. The van der Waals surface area contributed by atoms with Crippen molar-refractivity contribution in [2.75, 3.05) is 13.7 Å². The van der Waals surface area contributed by atoms with Gasteiger partial charge in [0.1, 0.15) is 0 Å². The van der Waals surface area contributed by atoms with E-state index in [4.69, 9.17) is 11.6 Å². The van der Waals surface area contributed by atoms with Crippen molar-refractivity contribution in [2.24, 2.45) is 0 Å². The number of carbonyl (C=O) groups excluding carboxylic acids is 1. The number of hydrogen-bond donors (Lipinski definition) is 1. The molecule has 0 heterocycles. The second-order valence-corrected chi connectivity index (χ2v) is 9.51. The van der Waals surface area contributed by atoms with Gasteiger partial charge in [-0.05, 0) is 41.0 Å². The van der Waals surface area contributed by atoms with Crippen LogP contribution in [0, 0.1) is 0 Å². The van der Waals surface area contributed by atoms with Gasteiger partial charge in [-0.3, -0.25) is 4.79 Å². The van der Waals surface area contributed by atoms with E-state index in [0.717, 1.165) is 5.56 Å². The Morgan fingerprint density at radius 3 is 2.12 bits per heavy atom. The molecule has 0 aliphatic heterocycles. The number of sulfonamides is 1. The Kier molecular flexibility index (Phi) is 8.04. The minimum absolute atomic E-state index is 0.0313. The van der Waals surface area contributed by atoms with Crippen LogP contribution in [0.5, 0.6) is 0 Å². The largest absolute Gasteiger partial charge is 0.469 e. The van der Waals surface area contributed by atoms with Gasteiger partial charge in [-0.15, -0.1) is 0 Å². The fourth-order valence-corrected chi connectivity index (χ4v) is 5.04. The third kappa shape index (κ3) is 5.75. The monoisotopic (exact) mass is 473 g/mol. The summed E-state index contributed by atoms with van der Waals surface area (Å²) in [4.78, 5) is 11.6. The molecule has 8 heteroatoms. The second-order valence-electron chi connectivity index (χ2n) is 7.18. The number of esters is 1. The van der Waals surface area contributed by atoms with E-state index < -0.39 is 22.7 Å². The summed E-state index contributed by atoms with van der Waals surface area (Å²) in [7, 11) is -2.64. The Labute approximate surface area is 193 Å². The topological polar surface area (TPSA) is 83.9 Å². The average molecular weight is 474 g/mol. The molecular weight excluding hydrogens is 450 g/mol. The summed E-state index contributed by atoms with van der Waals surface area (Å²) in [5, 5.41) is 10.6. The minimum Gasteiger partial charge on any atom is -0.469 e. The predicted molar refractivity (Wildman–Crippen MR) is 123 cm³/mol. The fourth-order valence-electron chi connectivity index (χ4n) is 3.32. The molecule has 0 radical (unpaired) electrons. The van der Waals surface area contributed by atoms with Gasteiger partial charge in [-0.25, -0.2) is 8.42 Å². The number of methoxy groups -OCH3 is 1. The molecule has 168 valence electrons. The molecule has 3 aromatic carbocycles. The van der Waals surface area contributed by atoms with Gasteiger partial charge in [0.05, 0.1) is 31.1 Å². The highest BCUT2D eigenvalue weighted by Gasteiger charge is 2.32. The van der Waals surface area contributed by atoms with E-state index in [-0.39, 0.29) is 23.8 Å². The van der Waals surface area contributed by atoms with Crippen LogP contribution in [0.1, 0.15) is 22.7 Å². The molecule has 3 aromatic rings. The number of aliphatic hydroxyl groups is 1. The SMILES string of the molecule is COC(=O)Cc1ccc(CN([C@H](CO)c2ccccc2)S(=O)(=O)c2ccc(Cl)cc2)cc1. The maximum absolute atomic E-state index is 13.6. The number of hydrogen-bond acceptors (Lipinski definition) is 5. The summed E-state index contributed by atoms with van der Waals surface area (Å²) in [5.41, 5.74) is 2.15. The molecule has 0 amide bonds. The van der Waals surface area contributed by atoms with Gasteiger partial charge in [0.2, 0.25) is 10.0 Å². The van der Waals surface area contributed by atoms with Crippen LogP contribution in [-0.2, 0) is 32.5 Å². The molecule has 0 saturated heterocycles. The first-order valence-corrected chi connectivity index (χ1v) is 11.7. The van der Waals surface area contributed by atoms with Crippen molar-refractivity contribution in [3.8, 4) is 0 Å². The summed E-state index contributed by atoms with van der Waals surface area (Å²) in [6.45, 7) is -0.360. The van der Waals surface area contributed by atoms with Crippen LogP contribution < -0.4 is 0 Å². The molecule has 0 aromatic heterocycles. The Bertz CT molecular complexity index is 1130. The first kappa shape index (κ1) is 23.9. The Morgan fingerprint density at radius 2 is 1.56 bits per heavy atom. The van der Waals surface area contributed by atoms with Gasteiger partial charge in [0.15, 0.2) is 0 Å². The minimum atomic E-state index is -3.97. The van der Waals surface area contributed by atoms with Gasteiger partial charge in [0, 0.05) is 11.6 Å². The van der Waals surface area contributed by atoms with E-state index in [0.29, 0.717) is 16.1 Å². The number of halogens is 1. The number of ether oxygens (including phenoxy) is 1. The molecule has 0 bridgehead atoms. The van der Waals surface area contributed by atoms with Crippen LogP contribution in [0.2, 0.25) is 5.02 Å². The number of aliphatic hydroxyl groups excluding tert-OH is 1. The molecule has 1 atom stereocenters. The van der Waals surface area contributed by atoms with Crippen molar-refractivity contribution in [1.29, 1.82) is 0 Å². The van der Waals surface area contributed by atoms with Crippen LogP contribution in [0.25, 0.3) is 0 Å². The van der Waals surface area contributed by atoms with E-state index in [1.807, 2.05) is 6.07 Å². The second kappa shape index (κ2) is 10.7. The highest BCUT2D eigenvalue weighted by molar-refractivity contribution is 7.89. The molecule has 0 spiro atoms. The van der Waals surface area contributed by atoms with E-state index >= 15 is 0 Å². The molecule has 6 nitrogen and oxygen atoms in total. The summed E-state index contributed by atoms with van der Waals surface area (Å²) >= 11 is 5.94. The first-order valence-electron chi connectivity index (χ1n) is 9.93. The lowest BCUT2D eigenvalue weighted by atomic mass is 10.1. The molecule has 0 fully saturated rings. The molecule has 3 rings (SSSR count). The maximum atomic E-state index is 13.6. The van der Waals surface area contributed by atoms with Crippen LogP contribution in [0.4, 0.5) is 0 Å². The first-order chi connectivity index (χ1) is 15.3. The maximum Gasteiger partial charge on any atom is 0.309 e. The number of nitrogens with zero attached hydrogens (tertiary/aromatic N) is 1. The van der Waals surface area contributed by atoms with Gasteiger partial charge >= 0.3 is 5.97 Å². The van der Waals surface area contributed by atoms with E-state index in [9.17, 15) is 18.3 Å². The van der Waals surface area contributed by atoms with Crippen molar-refractivity contribution in [1.82, 2.24) is 4.31 Å². The van der Waals surface area contributed by atoms with Crippen molar-refractivity contribution >= 4 is 27.6 Å². The van der Waals surface area contributed by atoms with E-state index in [1.165, 1.54) is 35.7 Å². The molecule has 1 N–H and O–H groups in total. The molecule has 0 unspecified atom stereocenters. The highest BCUT2D eigenvalue weighted by Crippen LogP contribution is 2.30. The highest BCUT2D eigenvalue weighted by atomic mass is 35.5. The Hall–Kier alpha value is -2.71. The van der Waals surface area contributed by atoms with Crippen molar-refractivity contribution in [3.63, 3.8) is 0 Å². The number of rotatable bonds is 9. The van der Waals surface area contributed by atoms with Crippen molar-refractivity contribution < 1.29 is 23.1 Å². The summed E-state index contributed by atoms with van der Waals surface area (Å²) in [6, 6.07) is 21.2. The van der Waals surface area contributed by atoms with Gasteiger partial charge in [-0.2, -0.15) is 4.31 Å². The molecule has 32 heavy (non-hydrogen) atoms. The van der Waals surface area contributed by atoms with E-state index in [1.54, 1.807) is 48.5 Å². The summed E-state index contributed by atoms with van der Waals surface area (Å²) in [5.74, 6) is -0.353. The van der Waals surface area contributed by atoms with Crippen LogP contribution in [-0.4, -0.2) is 37.5 Å². The third-order valence-electron chi connectivity index (χ3n) is 5.06. The van der Waals surface area contributed by atoms with E-state index in [2.05, 4.69) is 4.74 Å². The average Bonchev–Trinajstić information content (AvgIpc) is 2.81. The Balaban J connectivity index is 1.98. The lowest BCUT2D eigenvalue weighted by Crippen LogP contribution is -2.36. The number of carbonyl (C=O) groups is 1. The van der Waals surface area contributed by atoms with Crippen molar-refractivity contribution in [3.05, 3.63) is 101 Å². The predicted octanol–water partition coefficient (Wildman–Crippen LogP) is 3.98.